The number of unbranched alkanes of at least 4 members (excludes halogenated alkanes) is 1. The van der Waals surface area contributed by atoms with E-state index in [0.717, 1.165) is 62.1 Å². The first-order valence-electron chi connectivity index (χ1n) is 10.2. The summed E-state index contributed by atoms with van der Waals surface area (Å²) in [7, 11) is 1.70. The minimum Gasteiger partial charge on any atom is -0.493 e. The molecule has 7 heteroatoms. The van der Waals surface area contributed by atoms with Gasteiger partial charge in [0.25, 0.3) is 0 Å². The predicted molar refractivity (Wildman–Crippen MR) is 120 cm³/mol. The van der Waals surface area contributed by atoms with Crippen molar-refractivity contribution in [2.45, 2.75) is 26.2 Å². The van der Waals surface area contributed by atoms with Gasteiger partial charge in [-0.2, -0.15) is 0 Å². The summed E-state index contributed by atoms with van der Waals surface area (Å²) in [5, 5.41) is 9.95. The third-order valence-corrected chi connectivity index (χ3v) is 4.03. The van der Waals surface area contributed by atoms with Crippen molar-refractivity contribution in [3.05, 3.63) is 48.7 Å². The molecule has 0 bridgehead atoms. The van der Waals surface area contributed by atoms with Crippen LogP contribution in [-0.4, -0.2) is 50.9 Å². The fourth-order valence-corrected chi connectivity index (χ4v) is 2.61. The molecule has 1 aromatic carbocycles. The lowest BCUT2D eigenvalue weighted by atomic mass is 10.3. The number of pyridine rings is 1. The molecule has 0 radical (unpaired) electrons. The van der Waals surface area contributed by atoms with E-state index in [9.17, 15) is 0 Å². The van der Waals surface area contributed by atoms with Gasteiger partial charge < -0.3 is 25.4 Å². The molecule has 7 nitrogen and oxygen atoms in total. The van der Waals surface area contributed by atoms with E-state index in [4.69, 9.17) is 9.47 Å². The first kappa shape index (κ1) is 22.5. The van der Waals surface area contributed by atoms with Crippen molar-refractivity contribution in [2.24, 2.45) is 4.99 Å². The zero-order valence-corrected chi connectivity index (χ0v) is 17.5. The molecule has 158 valence electrons. The maximum absolute atomic E-state index is 5.76. The molecule has 0 unspecified atom stereocenters. The Hall–Kier alpha value is -2.80. The Labute approximate surface area is 173 Å². The van der Waals surface area contributed by atoms with E-state index in [-0.39, 0.29) is 0 Å². The molecule has 0 aliphatic rings. The normalized spacial score (nSPS) is 11.2. The molecular weight excluding hydrogens is 366 g/mol. The average Bonchev–Trinajstić information content (AvgIpc) is 2.75. The van der Waals surface area contributed by atoms with Crippen LogP contribution in [-0.2, 0) is 4.74 Å². The summed E-state index contributed by atoms with van der Waals surface area (Å²) in [6, 6.07) is 13.8. The number of guanidine groups is 1. The standard InChI is InChI=1S/C22H33N5O2/c1-3-23-22(26-15-7-6-14-25-21-12-4-5-13-24-21)27-19-10-8-11-20(18-19)29-17-9-16-28-2/h4-5,8,10-13,18H,3,6-7,9,14-17H2,1-2H3,(H,24,25)(H2,23,26,27). The number of nitrogens with zero attached hydrogens (tertiary/aromatic N) is 2. The number of hydrogen-bond donors (Lipinski definition) is 3. The highest BCUT2D eigenvalue weighted by Crippen LogP contribution is 2.17. The lowest BCUT2D eigenvalue weighted by molar-refractivity contribution is 0.172. The van der Waals surface area contributed by atoms with Crippen LogP contribution in [0.5, 0.6) is 5.75 Å². The number of nitrogens with one attached hydrogen (secondary N) is 3. The molecule has 3 N–H and O–H groups in total. The molecule has 1 heterocycles. The van der Waals surface area contributed by atoms with Crippen LogP contribution in [0.25, 0.3) is 0 Å². The lowest BCUT2D eigenvalue weighted by Gasteiger charge is -2.13. The van der Waals surface area contributed by atoms with E-state index in [1.54, 1.807) is 13.3 Å². The number of ether oxygens (including phenoxy) is 2. The number of aromatic nitrogens is 1. The van der Waals surface area contributed by atoms with Crippen molar-refractivity contribution in [3.63, 3.8) is 0 Å². The molecule has 0 saturated heterocycles. The quantitative estimate of drug-likeness (QED) is 0.270. The van der Waals surface area contributed by atoms with Gasteiger partial charge in [-0.25, -0.2) is 4.98 Å². The zero-order valence-electron chi connectivity index (χ0n) is 17.5. The molecule has 0 saturated carbocycles. The van der Waals surface area contributed by atoms with Crippen LogP contribution in [0, 0.1) is 0 Å². The Balaban J connectivity index is 1.74. The van der Waals surface area contributed by atoms with E-state index < -0.39 is 0 Å². The summed E-state index contributed by atoms with van der Waals surface area (Å²) in [5.41, 5.74) is 0.950. The number of anilines is 2. The molecule has 2 rings (SSSR count). The van der Waals surface area contributed by atoms with Crippen LogP contribution >= 0.6 is 0 Å². The van der Waals surface area contributed by atoms with Gasteiger partial charge in [-0.05, 0) is 44.0 Å². The topological polar surface area (TPSA) is 79.8 Å². The highest BCUT2D eigenvalue weighted by molar-refractivity contribution is 5.93. The molecule has 0 aliphatic heterocycles. The Kier molecular flexibility index (Phi) is 11.0. The third-order valence-electron chi connectivity index (χ3n) is 4.03. The number of aliphatic imine (C=N–C) groups is 1. The number of hydrogen-bond acceptors (Lipinski definition) is 5. The van der Waals surface area contributed by atoms with Crippen molar-refractivity contribution in [2.75, 3.05) is 50.6 Å². The zero-order chi connectivity index (χ0) is 20.6. The molecular formula is C22H33N5O2. The van der Waals surface area contributed by atoms with Gasteiger partial charge in [0.05, 0.1) is 6.61 Å². The Morgan fingerprint density at radius 2 is 2.00 bits per heavy atom. The molecule has 0 atom stereocenters. The van der Waals surface area contributed by atoms with Gasteiger partial charge in [0.15, 0.2) is 5.96 Å². The van der Waals surface area contributed by atoms with E-state index in [1.807, 2.05) is 42.5 Å². The predicted octanol–water partition coefficient (Wildman–Crippen LogP) is 3.77. The second kappa shape index (κ2) is 14.2. The maximum Gasteiger partial charge on any atom is 0.195 e. The minimum absolute atomic E-state index is 0.637. The highest BCUT2D eigenvalue weighted by Gasteiger charge is 2.01. The second-order valence-corrected chi connectivity index (χ2v) is 6.46. The van der Waals surface area contributed by atoms with Crippen molar-refractivity contribution in [1.82, 2.24) is 10.3 Å². The van der Waals surface area contributed by atoms with Crippen molar-refractivity contribution < 1.29 is 9.47 Å². The van der Waals surface area contributed by atoms with Crippen LogP contribution in [0.3, 0.4) is 0 Å². The number of rotatable bonds is 13. The van der Waals surface area contributed by atoms with Crippen LogP contribution in [0.1, 0.15) is 26.2 Å². The van der Waals surface area contributed by atoms with Crippen LogP contribution in [0.4, 0.5) is 11.5 Å². The summed E-state index contributed by atoms with van der Waals surface area (Å²) < 4.78 is 10.8. The second-order valence-electron chi connectivity index (χ2n) is 6.46. The Bertz CT molecular complexity index is 709. The van der Waals surface area contributed by atoms with Gasteiger partial charge in [0.2, 0.25) is 0 Å². The van der Waals surface area contributed by atoms with Crippen molar-refractivity contribution >= 4 is 17.5 Å². The molecule has 0 fully saturated rings. The van der Waals surface area contributed by atoms with Crippen LogP contribution in [0.2, 0.25) is 0 Å². The van der Waals surface area contributed by atoms with Gasteiger partial charge in [-0.15, -0.1) is 0 Å². The summed E-state index contributed by atoms with van der Waals surface area (Å²) in [6.45, 7) is 5.85. The van der Waals surface area contributed by atoms with Crippen LogP contribution in [0.15, 0.2) is 53.7 Å². The fraction of sp³-hybridized carbons (Fsp3) is 0.455. The molecule has 2 aromatic rings. The van der Waals surface area contributed by atoms with Gasteiger partial charge in [0, 0.05) is 57.7 Å². The number of methoxy groups -OCH3 is 1. The van der Waals surface area contributed by atoms with E-state index in [0.29, 0.717) is 13.2 Å². The van der Waals surface area contributed by atoms with Crippen LogP contribution < -0.4 is 20.7 Å². The monoisotopic (exact) mass is 399 g/mol. The smallest absolute Gasteiger partial charge is 0.195 e. The minimum atomic E-state index is 0.637. The number of benzene rings is 1. The lowest BCUT2D eigenvalue weighted by Crippen LogP contribution is -2.30. The summed E-state index contributed by atoms with van der Waals surface area (Å²) in [5.74, 6) is 2.53. The Morgan fingerprint density at radius 3 is 2.79 bits per heavy atom. The SMILES string of the molecule is CCNC(=NCCCCNc1ccccn1)Nc1cccc(OCCCOC)c1. The molecule has 0 aliphatic carbocycles. The molecule has 1 aromatic heterocycles. The largest absolute Gasteiger partial charge is 0.493 e. The van der Waals surface area contributed by atoms with Crippen molar-refractivity contribution in [1.29, 1.82) is 0 Å². The molecule has 0 spiro atoms. The summed E-state index contributed by atoms with van der Waals surface area (Å²) >= 11 is 0. The van der Waals surface area contributed by atoms with Gasteiger partial charge in [-0.3, -0.25) is 4.99 Å². The first-order valence-corrected chi connectivity index (χ1v) is 10.2. The van der Waals surface area contributed by atoms with Gasteiger partial charge in [0.1, 0.15) is 11.6 Å². The Morgan fingerprint density at radius 1 is 1.07 bits per heavy atom. The average molecular weight is 400 g/mol. The third kappa shape index (κ3) is 9.80. The summed E-state index contributed by atoms with van der Waals surface area (Å²) in [6.07, 6.45) is 4.69. The summed E-state index contributed by atoms with van der Waals surface area (Å²) in [4.78, 5) is 8.92. The maximum atomic E-state index is 5.76. The highest BCUT2D eigenvalue weighted by atomic mass is 16.5. The van der Waals surface area contributed by atoms with E-state index in [1.165, 1.54) is 0 Å². The van der Waals surface area contributed by atoms with Gasteiger partial charge >= 0.3 is 0 Å². The van der Waals surface area contributed by atoms with E-state index >= 15 is 0 Å². The van der Waals surface area contributed by atoms with Gasteiger partial charge in [-0.1, -0.05) is 12.1 Å². The van der Waals surface area contributed by atoms with E-state index in [2.05, 4.69) is 32.9 Å². The molecule has 0 amide bonds. The fourth-order valence-electron chi connectivity index (χ4n) is 2.61. The first-order chi connectivity index (χ1) is 14.3. The van der Waals surface area contributed by atoms with Crippen molar-refractivity contribution in [3.8, 4) is 5.75 Å². The molecule has 29 heavy (non-hydrogen) atoms.